The van der Waals surface area contributed by atoms with Gasteiger partial charge in [-0.25, -0.2) is 27.1 Å². The summed E-state index contributed by atoms with van der Waals surface area (Å²) >= 11 is 11.3. The SMILES string of the molecule is O=C1C[C@H](c2cc(F)ccc2F)N(c2ccn3nc(Cl)c(NC(=S)NC4CC4(F)F)c3n2)C1. The third kappa shape index (κ3) is 4.08. The van der Waals surface area contributed by atoms with Gasteiger partial charge in [-0.2, -0.15) is 5.10 Å². The molecule has 7 nitrogen and oxygen atoms in total. The number of hydrogen-bond acceptors (Lipinski definition) is 5. The smallest absolute Gasteiger partial charge is 0.270 e. The average molecular weight is 499 g/mol. The molecular weight excluding hydrogens is 484 g/mol. The standard InChI is InChI=1S/C20H15ClF4N6OS/c21-17-16(28-19(33)26-14-7-20(14,24)25)18-27-15(3-4-31(18)29-17)30-8-10(32)6-13(30)11-5-9(22)1-2-12(11)23/h1-5,13-14H,6-8H2,(H2,26,28,33)/t13-,14?/m1/s1. The number of carbonyl (C=O) groups is 1. The first-order chi connectivity index (χ1) is 15.6. The van der Waals surface area contributed by atoms with Gasteiger partial charge in [-0.05, 0) is 36.5 Å². The van der Waals surface area contributed by atoms with Crippen molar-refractivity contribution in [2.24, 2.45) is 0 Å². The fraction of sp³-hybridized carbons (Fsp3) is 0.300. The number of anilines is 2. The van der Waals surface area contributed by atoms with Crippen LogP contribution >= 0.6 is 23.8 Å². The number of benzene rings is 1. The number of ketones is 1. The predicted octanol–water partition coefficient (Wildman–Crippen LogP) is 3.88. The summed E-state index contributed by atoms with van der Waals surface area (Å²) in [6.45, 7) is -0.0504. The highest BCUT2D eigenvalue weighted by Crippen LogP contribution is 2.42. The third-order valence-corrected chi connectivity index (χ3v) is 6.04. The number of halogens is 5. The number of alkyl halides is 2. The Kier molecular flexibility index (Phi) is 5.16. The van der Waals surface area contributed by atoms with Gasteiger partial charge in [0, 0.05) is 24.6 Å². The summed E-state index contributed by atoms with van der Waals surface area (Å²) in [5.41, 5.74) is 0.434. The first-order valence-corrected chi connectivity index (χ1v) is 10.6. The molecule has 2 atom stereocenters. The lowest BCUT2D eigenvalue weighted by atomic mass is 10.0. The Morgan fingerprint density at radius 2 is 2.03 bits per heavy atom. The van der Waals surface area contributed by atoms with Crippen molar-refractivity contribution in [2.75, 3.05) is 16.8 Å². The fourth-order valence-electron chi connectivity index (χ4n) is 3.82. The first-order valence-electron chi connectivity index (χ1n) is 9.86. The van der Waals surface area contributed by atoms with Gasteiger partial charge in [-0.15, -0.1) is 0 Å². The van der Waals surface area contributed by atoms with E-state index in [-0.39, 0.29) is 52.3 Å². The number of thiocarbonyl (C=S) groups is 1. The van der Waals surface area contributed by atoms with Crippen LogP contribution in [0.3, 0.4) is 0 Å². The van der Waals surface area contributed by atoms with Crippen LogP contribution in [0.2, 0.25) is 5.15 Å². The fourth-order valence-corrected chi connectivity index (χ4v) is 4.27. The molecule has 0 radical (unpaired) electrons. The minimum absolute atomic E-state index is 0.00317. The molecule has 0 amide bonds. The Labute approximate surface area is 194 Å². The molecule has 3 aromatic rings. The van der Waals surface area contributed by atoms with Crippen LogP contribution in [-0.4, -0.2) is 44.0 Å². The third-order valence-electron chi connectivity index (χ3n) is 5.55. The van der Waals surface area contributed by atoms with Crippen molar-refractivity contribution in [3.05, 3.63) is 52.8 Å². The molecule has 0 spiro atoms. The molecule has 2 N–H and O–H groups in total. The second-order valence-electron chi connectivity index (χ2n) is 7.89. The van der Waals surface area contributed by atoms with Crippen LogP contribution in [0.4, 0.5) is 29.1 Å². The maximum absolute atomic E-state index is 14.4. The zero-order valence-electron chi connectivity index (χ0n) is 16.7. The highest BCUT2D eigenvalue weighted by Gasteiger charge is 2.57. The first kappa shape index (κ1) is 21.8. The van der Waals surface area contributed by atoms with E-state index in [0.717, 1.165) is 18.2 Å². The summed E-state index contributed by atoms with van der Waals surface area (Å²) in [4.78, 5) is 18.3. The van der Waals surface area contributed by atoms with Crippen LogP contribution < -0.4 is 15.5 Å². The Morgan fingerprint density at radius 1 is 1.27 bits per heavy atom. The zero-order valence-corrected chi connectivity index (χ0v) is 18.2. The van der Waals surface area contributed by atoms with Crippen molar-refractivity contribution in [2.45, 2.75) is 30.8 Å². The summed E-state index contributed by atoms with van der Waals surface area (Å²) < 4.78 is 55.9. The lowest BCUT2D eigenvalue weighted by molar-refractivity contribution is -0.116. The number of aromatic nitrogens is 3. The molecular formula is C20H15ClF4N6OS. The molecule has 0 bridgehead atoms. The van der Waals surface area contributed by atoms with Gasteiger partial charge < -0.3 is 15.5 Å². The van der Waals surface area contributed by atoms with Crippen molar-refractivity contribution >= 4 is 51.9 Å². The Morgan fingerprint density at radius 3 is 2.76 bits per heavy atom. The number of hydrogen-bond donors (Lipinski definition) is 2. The highest BCUT2D eigenvalue weighted by molar-refractivity contribution is 7.80. The summed E-state index contributed by atoms with van der Waals surface area (Å²) in [7, 11) is 0. The molecule has 172 valence electrons. The van der Waals surface area contributed by atoms with E-state index in [1.54, 1.807) is 11.0 Å². The Hall–Kier alpha value is -2.99. The van der Waals surface area contributed by atoms with Gasteiger partial charge >= 0.3 is 0 Å². The van der Waals surface area contributed by atoms with E-state index in [9.17, 15) is 22.4 Å². The molecule has 3 heterocycles. The quantitative estimate of drug-likeness (QED) is 0.418. The molecule has 1 saturated heterocycles. The molecule has 33 heavy (non-hydrogen) atoms. The number of Topliss-reactive ketones (excluding diaryl/α,β-unsaturated/α-hetero) is 1. The van der Waals surface area contributed by atoms with Crippen molar-refractivity contribution in [1.29, 1.82) is 0 Å². The second kappa shape index (κ2) is 7.80. The molecule has 2 fully saturated rings. The Balaban J connectivity index is 1.47. The molecule has 1 unspecified atom stereocenters. The molecule has 2 aliphatic rings. The minimum atomic E-state index is -2.81. The molecule has 1 saturated carbocycles. The van der Waals surface area contributed by atoms with Crippen LogP contribution in [0, 0.1) is 11.6 Å². The van der Waals surface area contributed by atoms with E-state index in [1.807, 2.05) is 0 Å². The minimum Gasteiger partial charge on any atom is -0.353 e. The number of nitrogens with zero attached hydrogens (tertiary/aromatic N) is 4. The molecule has 2 aromatic heterocycles. The van der Waals surface area contributed by atoms with Gasteiger partial charge in [0.05, 0.1) is 18.6 Å². The van der Waals surface area contributed by atoms with Crippen molar-refractivity contribution in [3.8, 4) is 0 Å². The van der Waals surface area contributed by atoms with Gasteiger partial charge in [-0.1, -0.05) is 11.6 Å². The monoisotopic (exact) mass is 498 g/mol. The molecule has 1 aromatic carbocycles. The van der Waals surface area contributed by atoms with E-state index in [2.05, 4.69) is 20.7 Å². The van der Waals surface area contributed by atoms with E-state index >= 15 is 0 Å². The summed E-state index contributed by atoms with van der Waals surface area (Å²) in [5, 5.41) is 9.27. The van der Waals surface area contributed by atoms with Crippen LogP contribution in [0.15, 0.2) is 30.5 Å². The normalized spacial score (nSPS) is 21.5. The summed E-state index contributed by atoms with van der Waals surface area (Å²) in [5.74, 6) is -3.93. The van der Waals surface area contributed by atoms with Crippen LogP contribution in [0.1, 0.15) is 24.4 Å². The van der Waals surface area contributed by atoms with E-state index in [1.165, 1.54) is 10.7 Å². The molecule has 5 rings (SSSR count). The molecule has 13 heteroatoms. The zero-order chi connectivity index (χ0) is 23.5. The predicted molar refractivity (Wildman–Crippen MR) is 117 cm³/mol. The van der Waals surface area contributed by atoms with Crippen LogP contribution in [-0.2, 0) is 4.79 Å². The lowest BCUT2D eigenvalue weighted by Crippen LogP contribution is -2.33. The van der Waals surface area contributed by atoms with Crippen molar-refractivity contribution in [1.82, 2.24) is 19.9 Å². The number of fused-ring (bicyclic) bond motifs is 1. The van der Waals surface area contributed by atoms with E-state index in [0.29, 0.717) is 5.82 Å². The highest BCUT2D eigenvalue weighted by atomic mass is 35.5. The topological polar surface area (TPSA) is 74.6 Å². The largest absolute Gasteiger partial charge is 0.353 e. The lowest BCUT2D eigenvalue weighted by Gasteiger charge is -2.25. The van der Waals surface area contributed by atoms with Crippen molar-refractivity contribution in [3.63, 3.8) is 0 Å². The summed E-state index contributed by atoms with van der Waals surface area (Å²) in [6, 6.07) is 2.83. The number of nitrogens with one attached hydrogen (secondary N) is 2. The molecule has 1 aliphatic carbocycles. The van der Waals surface area contributed by atoms with Gasteiger partial charge in [0.2, 0.25) is 0 Å². The maximum atomic E-state index is 14.4. The second-order valence-corrected chi connectivity index (χ2v) is 8.65. The van der Waals surface area contributed by atoms with Gasteiger partial charge in [0.15, 0.2) is 21.7 Å². The number of carbonyl (C=O) groups excluding carboxylic acids is 1. The number of rotatable bonds is 4. The Bertz CT molecular complexity index is 1300. The van der Waals surface area contributed by atoms with Crippen LogP contribution in [0.25, 0.3) is 5.65 Å². The van der Waals surface area contributed by atoms with E-state index in [4.69, 9.17) is 23.8 Å². The molecule has 1 aliphatic heterocycles. The average Bonchev–Trinajstić information content (AvgIpc) is 3.05. The summed E-state index contributed by atoms with van der Waals surface area (Å²) in [6.07, 6.45) is 1.20. The van der Waals surface area contributed by atoms with Gasteiger partial charge in [-0.3, -0.25) is 4.79 Å². The van der Waals surface area contributed by atoms with Crippen molar-refractivity contribution < 1.29 is 22.4 Å². The maximum Gasteiger partial charge on any atom is 0.270 e. The van der Waals surface area contributed by atoms with E-state index < -0.39 is 29.6 Å². The van der Waals surface area contributed by atoms with Gasteiger partial charge in [0.25, 0.3) is 5.92 Å². The van der Waals surface area contributed by atoms with Crippen LogP contribution in [0.5, 0.6) is 0 Å². The van der Waals surface area contributed by atoms with Gasteiger partial charge in [0.1, 0.15) is 23.1 Å².